The molecule has 0 spiro atoms. The zero-order chi connectivity index (χ0) is 20.9. The van der Waals surface area contributed by atoms with Crippen molar-refractivity contribution in [2.75, 3.05) is 37.6 Å². The van der Waals surface area contributed by atoms with Crippen molar-refractivity contribution in [2.45, 2.75) is 52.1 Å². The molecule has 5 heteroatoms. The summed E-state index contributed by atoms with van der Waals surface area (Å²) >= 11 is 0. The number of halogens is 1. The molecule has 0 aromatic heterocycles. The van der Waals surface area contributed by atoms with E-state index in [0.717, 1.165) is 45.6 Å². The number of rotatable bonds is 3. The Bertz CT molecular complexity index is 860. The number of piperazine rings is 1. The maximum absolute atomic E-state index is 14.1. The largest absolute Gasteiger partial charge is 0.462 e. The van der Waals surface area contributed by atoms with Crippen LogP contribution in [0.1, 0.15) is 46.0 Å². The van der Waals surface area contributed by atoms with Gasteiger partial charge in [-0.05, 0) is 56.6 Å². The van der Waals surface area contributed by atoms with Crippen LogP contribution in [-0.4, -0.2) is 49.7 Å². The second kappa shape index (κ2) is 7.67. The van der Waals surface area contributed by atoms with Gasteiger partial charge in [0, 0.05) is 38.6 Å². The molecular formula is C25H33FN2O2. The van der Waals surface area contributed by atoms with Gasteiger partial charge in [0.1, 0.15) is 11.9 Å². The molecule has 2 aliphatic heterocycles. The quantitative estimate of drug-likeness (QED) is 0.544. The molecule has 4 atom stereocenters. The van der Waals surface area contributed by atoms with Crippen LogP contribution in [0.25, 0.3) is 0 Å². The zero-order valence-corrected chi connectivity index (χ0v) is 18.2. The van der Waals surface area contributed by atoms with Gasteiger partial charge >= 0.3 is 5.97 Å². The number of esters is 1. The van der Waals surface area contributed by atoms with Gasteiger partial charge in [-0.25, -0.2) is 4.39 Å². The van der Waals surface area contributed by atoms with E-state index in [-0.39, 0.29) is 29.2 Å². The van der Waals surface area contributed by atoms with Gasteiger partial charge in [0.15, 0.2) is 0 Å². The first kappa shape index (κ1) is 20.0. The number of para-hydroxylation sites is 1. The summed E-state index contributed by atoms with van der Waals surface area (Å²) in [6, 6.07) is 6.99. The lowest BCUT2D eigenvalue weighted by Gasteiger charge is -2.46. The maximum atomic E-state index is 14.1. The SMILES string of the molecule is CC1=C2CC3C(CC2(C)CCC1)OC(=O)C3CN1CCN(c2ccccc2F)CC1. The molecule has 30 heavy (non-hydrogen) atoms. The number of allylic oxidation sites excluding steroid dienone is 2. The van der Waals surface area contributed by atoms with Crippen molar-refractivity contribution in [3.63, 3.8) is 0 Å². The Labute approximate surface area is 179 Å². The monoisotopic (exact) mass is 412 g/mol. The lowest BCUT2D eigenvalue weighted by molar-refractivity contribution is -0.145. The van der Waals surface area contributed by atoms with Crippen molar-refractivity contribution in [2.24, 2.45) is 17.3 Å². The number of ether oxygens (including phenoxy) is 1. The van der Waals surface area contributed by atoms with Crippen molar-refractivity contribution < 1.29 is 13.9 Å². The molecule has 5 rings (SSSR count). The summed E-state index contributed by atoms with van der Waals surface area (Å²) in [5.74, 6) is 0.136. The summed E-state index contributed by atoms with van der Waals surface area (Å²) in [6.45, 7) is 8.74. The highest BCUT2D eigenvalue weighted by molar-refractivity contribution is 5.76. The first-order valence-electron chi connectivity index (χ1n) is 11.6. The highest BCUT2D eigenvalue weighted by atomic mass is 19.1. The molecule has 0 amide bonds. The molecule has 2 aliphatic carbocycles. The van der Waals surface area contributed by atoms with Gasteiger partial charge in [-0.15, -0.1) is 0 Å². The fourth-order valence-corrected chi connectivity index (χ4v) is 6.48. The topological polar surface area (TPSA) is 32.8 Å². The molecule has 1 aromatic rings. The maximum Gasteiger partial charge on any atom is 0.310 e. The van der Waals surface area contributed by atoms with Gasteiger partial charge in [0.2, 0.25) is 0 Å². The van der Waals surface area contributed by atoms with E-state index in [1.807, 2.05) is 12.1 Å². The molecule has 2 heterocycles. The predicted octanol–water partition coefficient (Wildman–Crippen LogP) is 4.41. The third-order valence-corrected chi connectivity index (χ3v) is 8.20. The number of fused-ring (bicyclic) bond motifs is 2. The summed E-state index contributed by atoms with van der Waals surface area (Å²) < 4.78 is 20.0. The minimum atomic E-state index is -0.158. The molecule has 0 radical (unpaired) electrons. The van der Waals surface area contributed by atoms with E-state index in [2.05, 4.69) is 23.6 Å². The lowest BCUT2D eigenvalue weighted by Crippen LogP contribution is -2.49. The fraction of sp³-hybridized carbons (Fsp3) is 0.640. The van der Waals surface area contributed by atoms with Gasteiger partial charge < -0.3 is 9.64 Å². The Hall–Kier alpha value is -1.88. The second-order valence-corrected chi connectivity index (χ2v) is 10.1. The Kier molecular flexibility index (Phi) is 5.12. The van der Waals surface area contributed by atoms with Crippen LogP contribution in [0, 0.1) is 23.1 Å². The third-order valence-electron chi connectivity index (χ3n) is 8.20. The molecule has 4 nitrogen and oxygen atoms in total. The molecule has 162 valence electrons. The summed E-state index contributed by atoms with van der Waals surface area (Å²) in [6.07, 6.45) is 5.80. The van der Waals surface area contributed by atoms with Gasteiger partial charge in [0.05, 0.1) is 11.6 Å². The number of carbonyl (C=O) groups excluding carboxylic acids is 1. The van der Waals surface area contributed by atoms with E-state index in [1.54, 1.807) is 17.2 Å². The van der Waals surface area contributed by atoms with E-state index in [0.29, 0.717) is 11.6 Å². The average Bonchev–Trinajstić information content (AvgIpc) is 3.01. The Morgan fingerprint density at radius 3 is 2.73 bits per heavy atom. The smallest absolute Gasteiger partial charge is 0.310 e. The summed E-state index contributed by atoms with van der Waals surface area (Å²) in [4.78, 5) is 17.3. The first-order valence-corrected chi connectivity index (χ1v) is 11.6. The van der Waals surface area contributed by atoms with E-state index in [4.69, 9.17) is 4.74 Å². The van der Waals surface area contributed by atoms with Crippen molar-refractivity contribution in [1.29, 1.82) is 0 Å². The van der Waals surface area contributed by atoms with E-state index >= 15 is 0 Å². The van der Waals surface area contributed by atoms with E-state index in [1.165, 1.54) is 25.3 Å². The third kappa shape index (κ3) is 3.45. The molecule has 4 aliphatic rings. The van der Waals surface area contributed by atoms with Crippen LogP contribution in [-0.2, 0) is 9.53 Å². The van der Waals surface area contributed by atoms with Crippen molar-refractivity contribution in [3.8, 4) is 0 Å². The Balaban J connectivity index is 1.25. The van der Waals surface area contributed by atoms with Crippen LogP contribution in [0.3, 0.4) is 0 Å². The van der Waals surface area contributed by atoms with Crippen LogP contribution in [0.4, 0.5) is 10.1 Å². The number of nitrogens with zero attached hydrogens (tertiary/aromatic N) is 2. The average molecular weight is 413 g/mol. The summed E-state index contributed by atoms with van der Waals surface area (Å²) in [5.41, 5.74) is 4.08. The minimum Gasteiger partial charge on any atom is -0.462 e. The molecule has 0 bridgehead atoms. The molecule has 1 saturated carbocycles. The van der Waals surface area contributed by atoms with Crippen LogP contribution in [0.2, 0.25) is 0 Å². The van der Waals surface area contributed by atoms with Crippen molar-refractivity contribution >= 4 is 11.7 Å². The number of hydrogen-bond acceptors (Lipinski definition) is 4. The van der Waals surface area contributed by atoms with E-state index < -0.39 is 0 Å². The van der Waals surface area contributed by atoms with Crippen LogP contribution in [0.5, 0.6) is 0 Å². The second-order valence-electron chi connectivity index (χ2n) is 10.1. The fourth-order valence-electron chi connectivity index (χ4n) is 6.48. The first-order chi connectivity index (χ1) is 14.4. The number of hydrogen-bond donors (Lipinski definition) is 0. The van der Waals surface area contributed by atoms with Crippen LogP contribution >= 0.6 is 0 Å². The Morgan fingerprint density at radius 1 is 1.20 bits per heavy atom. The van der Waals surface area contributed by atoms with E-state index in [9.17, 15) is 9.18 Å². The van der Waals surface area contributed by atoms with Crippen molar-refractivity contribution in [3.05, 3.63) is 41.2 Å². The standard InChI is InChI=1S/C25H33FN2O2/c1-17-6-5-9-25(2)15-23-18(14-20(17)25)19(24(29)30-23)16-27-10-12-28(13-11-27)22-8-4-3-7-21(22)26/h3-4,7-8,18-19,23H,5-6,9-16H2,1-2H3. The zero-order valence-electron chi connectivity index (χ0n) is 18.2. The molecule has 4 unspecified atom stereocenters. The number of carbonyl (C=O) groups is 1. The normalized spacial score (nSPS) is 34.6. The molecule has 3 fully saturated rings. The molecule has 1 aromatic carbocycles. The highest BCUT2D eigenvalue weighted by Gasteiger charge is 2.53. The van der Waals surface area contributed by atoms with Gasteiger partial charge in [-0.3, -0.25) is 9.69 Å². The molecule has 2 saturated heterocycles. The molecule has 0 N–H and O–H groups in total. The van der Waals surface area contributed by atoms with Gasteiger partial charge in [-0.2, -0.15) is 0 Å². The highest BCUT2D eigenvalue weighted by Crippen LogP contribution is 2.55. The van der Waals surface area contributed by atoms with Gasteiger partial charge in [-0.1, -0.05) is 30.2 Å². The number of anilines is 1. The van der Waals surface area contributed by atoms with Gasteiger partial charge in [0.25, 0.3) is 0 Å². The number of benzene rings is 1. The minimum absolute atomic E-state index is 0.00188. The van der Waals surface area contributed by atoms with Crippen molar-refractivity contribution in [1.82, 2.24) is 4.90 Å². The predicted molar refractivity (Wildman–Crippen MR) is 116 cm³/mol. The Morgan fingerprint density at radius 2 is 1.97 bits per heavy atom. The molecular weight excluding hydrogens is 379 g/mol. The van der Waals surface area contributed by atoms with Crippen LogP contribution < -0.4 is 4.90 Å². The summed E-state index contributed by atoms with van der Waals surface area (Å²) in [5, 5.41) is 0. The lowest BCUT2D eigenvalue weighted by atomic mass is 9.59. The summed E-state index contributed by atoms with van der Waals surface area (Å²) in [7, 11) is 0. The van der Waals surface area contributed by atoms with Crippen LogP contribution in [0.15, 0.2) is 35.4 Å².